The Labute approximate surface area is 108 Å². The van der Waals surface area contributed by atoms with Gasteiger partial charge in [0.05, 0.1) is 4.90 Å². The largest absolute Gasteiger partial charge is 0.316 e. The number of halogens is 1. The van der Waals surface area contributed by atoms with Crippen molar-refractivity contribution >= 4 is 21.6 Å². The lowest BCUT2D eigenvalue weighted by atomic mass is 10.2. The number of sulfonamides is 1. The minimum atomic E-state index is -3.40. The van der Waals surface area contributed by atoms with Crippen LogP contribution in [0, 0.1) is 0 Å². The zero-order chi connectivity index (χ0) is 13.1. The van der Waals surface area contributed by atoms with Crippen LogP contribution in [-0.4, -0.2) is 33.4 Å². The van der Waals surface area contributed by atoms with Crippen molar-refractivity contribution in [3.05, 3.63) is 28.8 Å². The van der Waals surface area contributed by atoms with Gasteiger partial charge in [-0.1, -0.05) is 18.5 Å². The molecule has 0 radical (unpaired) electrons. The van der Waals surface area contributed by atoms with Crippen LogP contribution in [0.4, 0.5) is 0 Å². The minimum absolute atomic E-state index is 0.275. The molecule has 4 nitrogen and oxygen atoms in total. The van der Waals surface area contributed by atoms with E-state index in [1.165, 1.54) is 10.4 Å². The van der Waals surface area contributed by atoms with Crippen LogP contribution in [0.3, 0.4) is 0 Å². The fourth-order valence-corrected chi connectivity index (χ4v) is 2.80. The molecule has 0 spiro atoms. The molecule has 1 aromatic rings. The number of rotatable bonds is 5. The highest BCUT2D eigenvalue weighted by molar-refractivity contribution is 7.89. The fraction of sp³-hybridized carbons (Fsp3) is 0.455. The van der Waals surface area contributed by atoms with Crippen molar-refractivity contribution in [1.82, 2.24) is 9.62 Å². The Bertz CT molecular complexity index is 488. The molecule has 17 heavy (non-hydrogen) atoms. The summed E-state index contributed by atoms with van der Waals surface area (Å²) < 4.78 is 25.5. The van der Waals surface area contributed by atoms with Gasteiger partial charge >= 0.3 is 0 Å². The summed E-state index contributed by atoms with van der Waals surface area (Å²) in [5, 5.41) is 3.52. The maximum absolute atomic E-state index is 12.1. The lowest BCUT2D eigenvalue weighted by molar-refractivity contribution is 0.486. The third kappa shape index (κ3) is 3.19. The summed E-state index contributed by atoms with van der Waals surface area (Å²) in [5.41, 5.74) is 0.778. The van der Waals surface area contributed by atoms with Crippen LogP contribution < -0.4 is 5.32 Å². The first-order valence-electron chi connectivity index (χ1n) is 5.32. The first-order chi connectivity index (χ1) is 7.93. The van der Waals surface area contributed by atoms with E-state index in [4.69, 9.17) is 11.6 Å². The highest BCUT2D eigenvalue weighted by Crippen LogP contribution is 2.22. The quantitative estimate of drug-likeness (QED) is 0.891. The molecular weight excluding hydrogens is 260 g/mol. The van der Waals surface area contributed by atoms with Crippen LogP contribution >= 0.6 is 11.6 Å². The highest BCUT2D eigenvalue weighted by Gasteiger charge is 2.19. The average Bonchev–Trinajstić information content (AvgIpc) is 2.30. The molecule has 0 amide bonds. The normalized spacial score (nSPS) is 12.1. The summed E-state index contributed by atoms with van der Waals surface area (Å²) in [6.45, 7) is 2.77. The zero-order valence-corrected chi connectivity index (χ0v) is 11.8. The SMILES string of the molecule is CCN(C)S(=O)(=O)c1ccc(Cl)c(CNC)c1. The maximum Gasteiger partial charge on any atom is 0.242 e. The van der Waals surface area contributed by atoms with Crippen molar-refractivity contribution < 1.29 is 8.42 Å². The van der Waals surface area contributed by atoms with Crippen molar-refractivity contribution in [3.8, 4) is 0 Å². The van der Waals surface area contributed by atoms with E-state index in [0.717, 1.165) is 5.56 Å². The van der Waals surface area contributed by atoms with Crippen LogP contribution in [0.25, 0.3) is 0 Å². The number of nitrogens with zero attached hydrogens (tertiary/aromatic N) is 1. The van der Waals surface area contributed by atoms with Crippen LogP contribution in [0.15, 0.2) is 23.1 Å². The third-order valence-corrected chi connectivity index (χ3v) is 4.84. The second-order valence-corrected chi connectivity index (χ2v) is 6.15. The van der Waals surface area contributed by atoms with Gasteiger partial charge in [-0.2, -0.15) is 0 Å². The van der Waals surface area contributed by atoms with Gasteiger partial charge in [-0.05, 0) is 30.8 Å². The molecule has 0 unspecified atom stereocenters. The molecule has 0 saturated heterocycles. The van der Waals surface area contributed by atoms with Gasteiger partial charge in [0.25, 0.3) is 0 Å². The molecule has 0 heterocycles. The first kappa shape index (κ1) is 14.4. The molecule has 0 aliphatic carbocycles. The Morgan fingerprint density at radius 2 is 2.06 bits per heavy atom. The topological polar surface area (TPSA) is 49.4 Å². The molecule has 1 N–H and O–H groups in total. The van der Waals surface area contributed by atoms with Crippen molar-refractivity contribution in [3.63, 3.8) is 0 Å². The number of hydrogen-bond donors (Lipinski definition) is 1. The van der Waals surface area contributed by atoms with Crippen molar-refractivity contribution in [2.24, 2.45) is 0 Å². The maximum atomic E-state index is 12.1. The second kappa shape index (κ2) is 5.82. The summed E-state index contributed by atoms with van der Waals surface area (Å²) >= 11 is 5.99. The predicted molar refractivity (Wildman–Crippen MR) is 69.7 cm³/mol. The summed E-state index contributed by atoms with van der Waals surface area (Å²) in [4.78, 5) is 0.275. The summed E-state index contributed by atoms with van der Waals surface area (Å²) in [5.74, 6) is 0. The Hall–Kier alpha value is -0.620. The van der Waals surface area contributed by atoms with Crippen molar-refractivity contribution in [2.75, 3.05) is 20.6 Å². The Kier molecular flexibility index (Phi) is 4.94. The molecule has 0 aromatic heterocycles. The molecular formula is C11H17ClN2O2S. The summed E-state index contributed by atoms with van der Waals surface area (Å²) in [6.07, 6.45) is 0. The van der Waals surface area contributed by atoms with Gasteiger partial charge < -0.3 is 5.32 Å². The number of nitrogens with one attached hydrogen (secondary N) is 1. The van der Waals surface area contributed by atoms with Crippen LogP contribution in [-0.2, 0) is 16.6 Å². The monoisotopic (exact) mass is 276 g/mol. The second-order valence-electron chi connectivity index (χ2n) is 3.70. The lowest BCUT2D eigenvalue weighted by Gasteiger charge is -2.16. The summed E-state index contributed by atoms with van der Waals surface area (Å²) in [6, 6.07) is 4.76. The molecule has 0 aliphatic rings. The van der Waals surface area contributed by atoms with Crippen molar-refractivity contribution in [2.45, 2.75) is 18.4 Å². The highest BCUT2D eigenvalue weighted by atomic mass is 35.5. The van der Waals surface area contributed by atoms with Gasteiger partial charge in [0.2, 0.25) is 10.0 Å². The van der Waals surface area contributed by atoms with E-state index in [-0.39, 0.29) is 4.90 Å². The fourth-order valence-electron chi connectivity index (χ4n) is 1.39. The van der Waals surface area contributed by atoms with E-state index < -0.39 is 10.0 Å². The Balaban J connectivity index is 3.20. The minimum Gasteiger partial charge on any atom is -0.316 e. The van der Waals surface area contributed by atoms with E-state index in [1.807, 2.05) is 0 Å². The third-order valence-electron chi connectivity index (χ3n) is 2.54. The Morgan fingerprint density at radius 1 is 1.41 bits per heavy atom. The van der Waals surface area contributed by atoms with Crippen LogP contribution in [0.2, 0.25) is 5.02 Å². The molecule has 0 bridgehead atoms. The van der Waals surface area contributed by atoms with Crippen LogP contribution in [0.5, 0.6) is 0 Å². The van der Waals surface area contributed by atoms with Crippen molar-refractivity contribution in [1.29, 1.82) is 0 Å². The van der Waals surface area contributed by atoms with E-state index in [1.54, 1.807) is 33.2 Å². The molecule has 0 fully saturated rings. The number of benzene rings is 1. The first-order valence-corrected chi connectivity index (χ1v) is 7.14. The van der Waals surface area contributed by atoms with Crippen LogP contribution in [0.1, 0.15) is 12.5 Å². The van der Waals surface area contributed by atoms with Gasteiger partial charge in [0.15, 0.2) is 0 Å². The molecule has 0 saturated carbocycles. The molecule has 1 aromatic carbocycles. The van der Waals surface area contributed by atoms with Gasteiger partial charge in [-0.15, -0.1) is 0 Å². The van der Waals surface area contributed by atoms with Gasteiger partial charge in [-0.25, -0.2) is 12.7 Å². The Morgan fingerprint density at radius 3 is 2.59 bits per heavy atom. The number of hydrogen-bond acceptors (Lipinski definition) is 3. The lowest BCUT2D eigenvalue weighted by Crippen LogP contribution is -2.26. The van der Waals surface area contributed by atoms with Gasteiger partial charge in [0.1, 0.15) is 0 Å². The van der Waals surface area contributed by atoms with Gasteiger partial charge in [-0.3, -0.25) is 0 Å². The zero-order valence-electron chi connectivity index (χ0n) is 10.2. The smallest absolute Gasteiger partial charge is 0.242 e. The van der Waals surface area contributed by atoms with E-state index in [2.05, 4.69) is 5.32 Å². The van der Waals surface area contributed by atoms with E-state index in [9.17, 15) is 8.42 Å². The molecule has 0 atom stereocenters. The van der Waals surface area contributed by atoms with Gasteiger partial charge in [0, 0.05) is 25.2 Å². The standard InChI is InChI=1S/C11H17ClN2O2S/c1-4-14(3)17(15,16)10-5-6-11(12)9(7-10)8-13-2/h5-7,13H,4,8H2,1-3H3. The van der Waals surface area contributed by atoms with E-state index >= 15 is 0 Å². The molecule has 6 heteroatoms. The van der Waals surface area contributed by atoms with E-state index in [0.29, 0.717) is 18.1 Å². The molecule has 96 valence electrons. The average molecular weight is 277 g/mol. The molecule has 1 rings (SSSR count). The molecule has 0 aliphatic heterocycles. The predicted octanol–water partition coefficient (Wildman–Crippen LogP) is 1.70. The summed E-state index contributed by atoms with van der Waals surface area (Å²) in [7, 11) is -0.0551.